The zero-order valence-electron chi connectivity index (χ0n) is 16.9. The normalized spacial score (nSPS) is 14.4. The number of rotatable bonds is 8. The lowest BCUT2D eigenvalue weighted by Crippen LogP contribution is -2.27. The van der Waals surface area contributed by atoms with Crippen molar-refractivity contribution in [3.63, 3.8) is 0 Å². The number of thioether (sulfide) groups is 1. The number of aromatic nitrogens is 3. The number of halogens is 1. The first-order valence-corrected chi connectivity index (χ1v) is 11.0. The van der Waals surface area contributed by atoms with E-state index in [9.17, 15) is 4.79 Å². The third kappa shape index (κ3) is 4.63. The van der Waals surface area contributed by atoms with Gasteiger partial charge in [-0.3, -0.25) is 9.36 Å². The summed E-state index contributed by atoms with van der Waals surface area (Å²) in [5, 5.41) is 9.69. The molecule has 1 saturated carbocycles. The fourth-order valence-corrected chi connectivity index (χ4v) is 4.58. The summed E-state index contributed by atoms with van der Waals surface area (Å²) >= 11 is 7.63. The Labute approximate surface area is 185 Å². The van der Waals surface area contributed by atoms with Crippen molar-refractivity contribution in [2.45, 2.75) is 35.9 Å². The maximum Gasteiger partial charge on any atom is 0.240 e. The largest absolute Gasteiger partial charge is 0.484 e. The van der Waals surface area contributed by atoms with Gasteiger partial charge in [0, 0.05) is 20.1 Å². The van der Waals surface area contributed by atoms with E-state index in [4.69, 9.17) is 16.3 Å². The number of nitrogens with zero attached hydrogens (tertiary/aromatic N) is 4. The number of likely N-dealkylation sites (N-methyl/N-ethyl adjacent to an activating group) is 1. The number of hydrogen-bond donors (Lipinski definition) is 0. The van der Waals surface area contributed by atoms with Crippen LogP contribution in [0.2, 0.25) is 5.02 Å². The number of amides is 1. The van der Waals surface area contributed by atoms with Crippen LogP contribution in [0.3, 0.4) is 0 Å². The Morgan fingerprint density at radius 3 is 2.53 bits per heavy atom. The molecule has 1 atom stereocenters. The second-order valence-corrected chi connectivity index (χ2v) is 8.84. The number of hydrogen-bond acceptors (Lipinski definition) is 5. The maximum absolute atomic E-state index is 12.9. The molecular formula is C22H23ClN4O2S. The van der Waals surface area contributed by atoms with Crippen molar-refractivity contribution in [1.82, 2.24) is 19.7 Å². The Balaban J connectivity index is 1.59. The minimum absolute atomic E-state index is 0.0189. The molecule has 0 aliphatic heterocycles. The fourth-order valence-electron chi connectivity index (χ4n) is 3.12. The van der Waals surface area contributed by atoms with Crippen molar-refractivity contribution >= 4 is 29.3 Å². The van der Waals surface area contributed by atoms with E-state index in [0.29, 0.717) is 16.8 Å². The van der Waals surface area contributed by atoms with Crippen molar-refractivity contribution in [2.24, 2.45) is 0 Å². The molecule has 1 aliphatic carbocycles. The first kappa shape index (κ1) is 20.8. The van der Waals surface area contributed by atoms with E-state index >= 15 is 0 Å². The Morgan fingerprint density at radius 1 is 1.17 bits per heavy atom. The smallest absolute Gasteiger partial charge is 0.240 e. The molecule has 1 heterocycles. The number of carbonyl (C=O) groups excluding carboxylic acids is 1. The quantitative estimate of drug-likeness (QED) is 0.470. The highest BCUT2D eigenvalue weighted by Gasteiger charge is 2.33. The van der Waals surface area contributed by atoms with Gasteiger partial charge in [-0.1, -0.05) is 65.8 Å². The van der Waals surface area contributed by atoms with Gasteiger partial charge in [0.2, 0.25) is 5.91 Å². The lowest BCUT2D eigenvalue weighted by Gasteiger charge is -2.20. The van der Waals surface area contributed by atoms with Gasteiger partial charge in [0.15, 0.2) is 11.0 Å². The summed E-state index contributed by atoms with van der Waals surface area (Å²) < 4.78 is 8.00. The lowest BCUT2D eigenvalue weighted by atomic mass is 10.1. The van der Waals surface area contributed by atoms with Gasteiger partial charge in [-0.25, -0.2) is 0 Å². The number of carbonyl (C=O) groups is 1. The van der Waals surface area contributed by atoms with Crippen LogP contribution in [0.4, 0.5) is 0 Å². The molecule has 3 aromatic rings. The molecule has 1 fully saturated rings. The van der Waals surface area contributed by atoms with Crippen LogP contribution in [-0.4, -0.2) is 39.7 Å². The summed E-state index contributed by atoms with van der Waals surface area (Å²) in [6.45, 7) is 0.269. The summed E-state index contributed by atoms with van der Waals surface area (Å²) in [7, 11) is 3.54. The van der Waals surface area contributed by atoms with E-state index in [-0.39, 0.29) is 17.8 Å². The molecule has 8 heteroatoms. The van der Waals surface area contributed by atoms with Gasteiger partial charge in [-0.05, 0) is 30.5 Å². The molecule has 0 unspecified atom stereocenters. The molecule has 2 aromatic carbocycles. The Hall–Kier alpha value is -2.51. The summed E-state index contributed by atoms with van der Waals surface area (Å²) in [6.07, 6.45) is 2.14. The predicted octanol–water partition coefficient (Wildman–Crippen LogP) is 4.77. The van der Waals surface area contributed by atoms with E-state index in [1.165, 1.54) is 11.8 Å². The second kappa shape index (κ2) is 9.10. The lowest BCUT2D eigenvalue weighted by molar-refractivity contribution is -0.128. The molecule has 4 rings (SSSR count). The van der Waals surface area contributed by atoms with Crippen LogP contribution in [0, 0.1) is 0 Å². The molecule has 0 saturated heterocycles. The van der Waals surface area contributed by atoms with Gasteiger partial charge in [-0.2, -0.15) is 0 Å². The van der Waals surface area contributed by atoms with Crippen LogP contribution in [-0.2, 0) is 11.4 Å². The first-order chi connectivity index (χ1) is 14.5. The fraction of sp³-hybridized carbons (Fsp3) is 0.318. The highest BCUT2D eigenvalue weighted by atomic mass is 35.5. The van der Waals surface area contributed by atoms with Crippen molar-refractivity contribution in [2.75, 3.05) is 14.1 Å². The van der Waals surface area contributed by atoms with E-state index in [0.717, 1.165) is 29.4 Å². The van der Waals surface area contributed by atoms with Gasteiger partial charge in [0.05, 0.1) is 5.02 Å². The molecule has 30 heavy (non-hydrogen) atoms. The van der Waals surface area contributed by atoms with Crippen LogP contribution in [0.15, 0.2) is 59.8 Å². The summed E-state index contributed by atoms with van der Waals surface area (Å²) in [6, 6.07) is 17.5. The van der Waals surface area contributed by atoms with Crippen LogP contribution in [0.5, 0.6) is 5.75 Å². The third-order valence-electron chi connectivity index (χ3n) is 4.83. The van der Waals surface area contributed by atoms with Gasteiger partial charge >= 0.3 is 0 Å². The van der Waals surface area contributed by atoms with E-state index in [2.05, 4.69) is 14.8 Å². The zero-order valence-corrected chi connectivity index (χ0v) is 18.4. The average Bonchev–Trinajstić information content (AvgIpc) is 3.52. The van der Waals surface area contributed by atoms with Crippen LogP contribution in [0.25, 0.3) is 0 Å². The number of benzene rings is 2. The molecule has 0 spiro atoms. The molecule has 0 radical (unpaired) electrons. The SMILES string of the molecule is CN(C)C(=O)[C@@H](Sc1nnc(COc2ccccc2Cl)n1C1CC1)c1ccccc1. The van der Waals surface area contributed by atoms with E-state index < -0.39 is 0 Å². The molecular weight excluding hydrogens is 420 g/mol. The minimum Gasteiger partial charge on any atom is -0.484 e. The summed E-state index contributed by atoms with van der Waals surface area (Å²) in [5.74, 6) is 1.37. The van der Waals surface area contributed by atoms with Crippen LogP contribution in [0.1, 0.15) is 35.5 Å². The highest BCUT2D eigenvalue weighted by Crippen LogP contribution is 2.43. The highest BCUT2D eigenvalue weighted by molar-refractivity contribution is 8.00. The molecule has 0 bridgehead atoms. The van der Waals surface area contributed by atoms with Gasteiger partial charge < -0.3 is 9.64 Å². The topological polar surface area (TPSA) is 60.3 Å². The number of ether oxygens (including phenoxy) is 1. The predicted molar refractivity (Wildman–Crippen MR) is 118 cm³/mol. The maximum atomic E-state index is 12.9. The molecule has 1 amide bonds. The zero-order chi connectivity index (χ0) is 21.1. The monoisotopic (exact) mass is 442 g/mol. The molecule has 1 aromatic heterocycles. The van der Waals surface area contributed by atoms with E-state index in [1.54, 1.807) is 25.1 Å². The molecule has 0 N–H and O–H groups in total. The van der Waals surface area contributed by atoms with Crippen molar-refractivity contribution in [3.05, 3.63) is 71.0 Å². The second-order valence-electron chi connectivity index (χ2n) is 7.36. The van der Waals surface area contributed by atoms with Crippen molar-refractivity contribution in [1.29, 1.82) is 0 Å². The van der Waals surface area contributed by atoms with Gasteiger partial charge in [0.1, 0.15) is 17.6 Å². The van der Waals surface area contributed by atoms with Gasteiger partial charge in [0.25, 0.3) is 0 Å². The number of para-hydroxylation sites is 1. The molecule has 6 nitrogen and oxygen atoms in total. The Kier molecular flexibility index (Phi) is 6.29. The molecule has 1 aliphatic rings. The van der Waals surface area contributed by atoms with Crippen LogP contribution < -0.4 is 4.74 Å². The minimum atomic E-state index is -0.389. The Bertz CT molecular complexity index is 1020. The van der Waals surface area contributed by atoms with Crippen molar-refractivity contribution in [3.8, 4) is 5.75 Å². The van der Waals surface area contributed by atoms with Crippen molar-refractivity contribution < 1.29 is 9.53 Å². The van der Waals surface area contributed by atoms with E-state index in [1.807, 2.05) is 48.5 Å². The summed E-state index contributed by atoms with van der Waals surface area (Å²) in [4.78, 5) is 14.5. The van der Waals surface area contributed by atoms with Gasteiger partial charge in [-0.15, -0.1) is 10.2 Å². The summed E-state index contributed by atoms with van der Waals surface area (Å²) in [5.41, 5.74) is 0.945. The molecule has 156 valence electrons. The Morgan fingerprint density at radius 2 is 1.87 bits per heavy atom. The third-order valence-corrected chi connectivity index (χ3v) is 6.34. The average molecular weight is 443 g/mol. The standard InChI is InChI=1S/C22H23ClN4O2S/c1-26(2)21(28)20(15-8-4-3-5-9-15)30-22-25-24-19(27(22)16-12-13-16)14-29-18-11-7-6-10-17(18)23/h3-11,16,20H,12-14H2,1-2H3/t20-/m0/s1. The van der Waals surface area contributed by atoms with Crippen LogP contribution >= 0.6 is 23.4 Å². The first-order valence-electron chi connectivity index (χ1n) is 9.78.